The van der Waals surface area contributed by atoms with Gasteiger partial charge in [-0.2, -0.15) is 0 Å². The smallest absolute Gasteiger partial charge is 0.0455 e. The molecule has 0 saturated carbocycles. The van der Waals surface area contributed by atoms with Crippen LogP contribution >= 0.6 is 11.6 Å². The summed E-state index contributed by atoms with van der Waals surface area (Å²) in [4.78, 5) is 2.45. The molecule has 1 aliphatic rings. The topological polar surface area (TPSA) is 15.3 Å². The van der Waals surface area contributed by atoms with E-state index in [9.17, 15) is 0 Å². The highest BCUT2D eigenvalue weighted by Crippen LogP contribution is 2.24. The lowest BCUT2D eigenvalue weighted by Crippen LogP contribution is -2.38. The van der Waals surface area contributed by atoms with Crippen LogP contribution in [0.4, 0.5) is 5.69 Å². The van der Waals surface area contributed by atoms with Gasteiger partial charge in [0.25, 0.3) is 0 Å². The molecule has 0 aliphatic carbocycles. The van der Waals surface area contributed by atoms with Crippen LogP contribution in [0, 0.1) is 6.92 Å². The average Bonchev–Trinajstić information content (AvgIpc) is 2.28. The Morgan fingerprint density at radius 2 is 2.18 bits per heavy atom. The molecule has 0 radical (unpaired) electrons. The molecule has 1 aromatic carbocycles. The molecule has 2 rings (SSSR count). The molecular formula is C14H21ClN2. The summed E-state index contributed by atoms with van der Waals surface area (Å²) in [6.07, 6.45) is 2.38. The van der Waals surface area contributed by atoms with Crippen LogP contribution in [0.3, 0.4) is 0 Å². The molecule has 1 fully saturated rings. The molecule has 1 aliphatic heterocycles. The summed E-state index contributed by atoms with van der Waals surface area (Å²) >= 11 is 6.20. The van der Waals surface area contributed by atoms with Crippen molar-refractivity contribution in [2.45, 2.75) is 32.7 Å². The number of hydrogen-bond acceptors (Lipinski definition) is 2. The highest BCUT2D eigenvalue weighted by Gasteiger charge is 2.12. The third-order valence-corrected chi connectivity index (χ3v) is 3.86. The predicted molar refractivity (Wildman–Crippen MR) is 75.1 cm³/mol. The summed E-state index contributed by atoms with van der Waals surface area (Å²) in [5.74, 6) is 0. The third-order valence-electron chi connectivity index (χ3n) is 3.45. The summed E-state index contributed by atoms with van der Waals surface area (Å²) in [5.41, 5.74) is 2.41. The van der Waals surface area contributed by atoms with Crippen molar-refractivity contribution >= 4 is 17.3 Å². The van der Waals surface area contributed by atoms with E-state index >= 15 is 0 Å². The van der Waals surface area contributed by atoms with Gasteiger partial charge in [0.05, 0.1) is 0 Å². The van der Waals surface area contributed by atoms with Crippen molar-refractivity contribution in [2.24, 2.45) is 0 Å². The molecular weight excluding hydrogens is 232 g/mol. The van der Waals surface area contributed by atoms with E-state index in [1.165, 1.54) is 18.5 Å². The zero-order chi connectivity index (χ0) is 12.3. The minimum Gasteiger partial charge on any atom is -0.371 e. The molecule has 94 valence electrons. The molecule has 17 heavy (non-hydrogen) atoms. The minimum absolute atomic E-state index is 0.610. The number of anilines is 1. The fourth-order valence-electron chi connectivity index (χ4n) is 2.22. The maximum Gasteiger partial charge on any atom is 0.0455 e. The van der Waals surface area contributed by atoms with E-state index in [2.05, 4.69) is 35.3 Å². The summed E-state index contributed by atoms with van der Waals surface area (Å²) in [6.45, 7) is 7.63. The van der Waals surface area contributed by atoms with E-state index in [0.717, 1.165) is 30.2 Å². The second-order valence-electron chi connectivity index (χ2n) is 4.92. The first-order chi connectivity index (χ1) is 8.16. The van der Waals surface area contributed by atoms with E-state index < -0.39 is 0 Å². The van der Waals surface area contributed by atoms with Gasteiger partial charge in [0.1, 0.15) is 0 Å². The highest BCUT2D eigenvalue weighted by atomic mass is 35.5. The third kappa shape index (κ3) is 3.36. The highest BCUT2D eigenvalue weighted by molar-refractivity contribution is 6.31. The molecule has 0 bridgehead atoms. The largest absolute Gasteiger partial charge is 0.371 e. The molecule has 1 unspecified atom stereocenters. The number of halogens is 1. The van der Waals surface area contributed by atoms with Crippen molar-refractivity contribution in [3.8, 4) is 0 Å². The Labute approximate surface area is 109 Å². The zero-order valence-corrected chi connectivity index (χ0v) is 11.4. The van der Waals surface area contributed by atoms with Gasteiger partial charge in [0.2, 0.25) is 0 Å². The van der Waals surface area contributed by atoms with Gasteiger partial charge in [0.15, 0.2) is 0 Å². The number of hydrogen-bond donors (Lipinski definition) is 1. The van der Waals surface area contributed by atoms with Crippen molar-refractivity contribution in [3.63, 3.8) is 0 Å². The van der Waals surface area contributed by atoms with Crippen molar-refractivity contribution in [3.05, 3.63) is 28.8 Å². The normalized spacial score (nSPS) is 22.1. The van der Waals surface area contributed by atoms with E-state index in [0.29, 0.717) is 6.04 Å². The maximum atomic E-state index is 6.20. The lowest BCUT2D eigenvalue weighted by Gasteiger charge is -2.29. The lowest BCUT2D eigenvalue weighted by molar-refractivity contribution is 0.475. The Balaban J connectivity index is 2.10. The van der Waals surface area contributed by atoms with Crippen LogP contribution in [0.5, 0.6) is 0 Å². The first-order valence-electron chi connectivity index (χ1n) is 6.41. The van der Waals surface area contributed by atoms with Gasteiger partial charge < -0.3 is 10.2 Å². The average molecular weight is 253 g/mol. The number of rotatable bonds is 1. The van der Waals surface area contributed by atoms with Crippen LogP contribution < -0.4 is 10.2 Å². The van der Waals surface area contributed by atoms with Crippen LogP contribution in [0.1, 0.15) is 25.3 Å². The fraction of sp³-hybridized carbons (Fsp3) is 0.571. The van der Waals surface area contributed by atoms with Crippen LogP contribution in [0.2, 0.25) is 5.02 Å². The van der Waals surface area contributed by atoms with Crippen molar-refractivity contribution in [2.75, 3.05) is 24.5 Å². The Hall–Kier alpha value is -0.730. The molecule has 1 atom stereocenters. The van der Waals surface area contributed by atoms with Crippen molar-refractivity contribution in [1.29, 1.82) is 0 Å². The van der Waals surface area contributed by atoms with E-state index in [1.54, 1.807) is 0 Å². The summed E-state index contributed by atoms with van der Waals surface area (Å²) in [6, 6.07) is 6.99. The van der Waals surface area contributed by atoms with Crippen molar-refractivity contribution < 1.29 is 0 Å². The number of benzene rings is 1. The molecule has 1 N–H and O–H groups in total. The summed E-state index contributed by atoms with van der Waals surface area (Å²) < 4.78 is 0. The van der Waals surface area contributed by atoms with Gasteiger partial charge in [0, 0.05) is 29.8 Å². The first kappa shape index (κ1) is 12.7. The molecule has 1 saturated heterocycles. The fourth-order valence-corrected chi connectivity index (χ4v) is 2.39. The lowest BCUT2D eigenvalue weighted by atomic mass is 10.1. The van der Waals surface area contributed by atoms with E-state index in [-0.39, 0.29) is 0 Å². The quantitative estimate of drug-likeness (QED) is 0.826. The number of nitrogens with one attached hydrogen (secondary N) is 1. The van der Waals surface area contributed by atoms with Crippen LogP contribution in [-0.4, -0.2) is 25.7 Å². The van der Waals surface area contributed by atoms with Gasteiger partial charge in [-0.15, -0.1) is 0 Å². The van der Waals surface area contributed by atoms with Crippen molar-refractivity contribution in [1.82, 2.24) is 5.32 Å². The molecule has 3 heteroatoms. The number of aryl methyl sites for hydroxylation is 1. The molecule has 1 aromatic rings. The first-order valence-corrected chi connectivity index (χ1v) is 6.79. The Morgan fingerprint density at radius 3 is 2.94 bits per heavy atom. The Bertz CT molecular complexity index is 378. The van der Waals surface area contributed by atoms with Crippen LogP contribution in [0.15, 0.2) is 18.2 Å². The van der Waals surface area contributed by atoms with Gasteiger partial charge in [-0.3, -0.25) is 0 Å². The van der Waals surface area contributed by atoms with Gasteiger partial charge >= 0.3 is 0 Å². The van der Waals surface area contributed by atoms with Crippen LogP contribution in [0.25, 0.3) is 0 Å². The molecule has 0 amide bonds. The standard InChI is InChI=1S/C14H21ClN2/c1-11-4-5-13(10-14(11)15)17-8-3-7-16-12(2)6-9-17/h4-5,10,12,16H,3,6-9H2,1-2H3. The molecule has 0 spiro atoms. The van der Waals surface area contributed by atoms with Gasteiger partial charge in [-0.05, 0) is 50.9 Å². The maximum absolute atomic E-state index is 6.20. The second kappa shape index (κ2) is 5.74. The van der Waals surface area contributed by atoms with Crippen LogP contribution in [-0.2, 0) is 0 Å². The van der Waals surface area contributed by atoms with E-state index in [1.807, 2.05) is 6.92 Å². The Kier molecular flexibility index (Phi) is 4.30. The second-order valence-corrected chi connectivity index (χ2v) is 5.33. The number of nitrogens with zero attached hydrogens (tertiary/aromatic N) is 1. The SMILES string of the molecule is Cc1ccc(N2CCCNC(C)CC2)cc1Cl. The summed E-state index contributed by atoms with van der Waals surface area (Å²) in [5, 5.41) is 4.40. The molecule has 0 aromatic heterocycles. The predicted octanol–water partition coefficient (Wildman–Crippen LogP) is 3.23. The van der Waals surface area contributed by atoms with E-state index in [4.69, 9.17) is 11.6 Å². The van der Waals surface area contributed by atoms with Gasteiger partial charge in [-0.25, -0.2) is 0 Å². The Morgan fingerprint density at radius 1 is 1.35 bits per heavy atom. The monoisotopic (exact) mass is 252 g/mol. The molecule has 2 nitrogen and oxygen atoms in total. The molecule has 1 heterocycles. The summed E-state index contributed by atoms with van der Waals surface area (Å²) in [7, 11) is 0. The zero-order valence-electron chi connectivity index (χ0n) is 10.7. The minimum atomic E-state index is 0.610. The van der Waals surface area contributed by atoms with Gasteiger partial charge in [-0.1, -0.05) is 17.7 Å².